The van der Waals surface area contributed by atoms with Crippen molar-refractivity contribution >= 4 is 33.4 Å². The molecule has 18 heavy (non-hydrogen) atoms. The summed E-state index contributed by atoms with van der Waals surface area (Å²) < 4.78 is 0.423. The highest BCUT2D eigenvalue weighted by Gasteiger charge is 2.24. The van der Waals surface area contributed by atoms with Crippen LogP contribution in [0.2, 0.25) is 0 Å². The summed E-state index contributed by atoms with van der Waals surface area (Å²) in [6.45, 7) is 3.08. The molecular formula is C10H12BrN3O4. The molecule has 8 heteroatoms. The van der Waals surface area contributed by atoms with Crippen molar-refractivity contribution in [3.63, 3.8) is 0 Å². The first-order valence-corrected chi connectivity index (χ1v) is 5.81. The molecule has 0 aliphatic rings. The van der Waals surface area contributed by atoms with Crippen LogP contribution in [0, 0.1) is 17.0 Å². The minimum absolute atomic E-state index is 0.109. The molecule has 0 aromatic carbocycles. The van der Waals surface area contributed by atoms with Crippen LogP contribution in [-0.4, -0.2) is 34.1 Å². The number of aliphatic carboxylic acids is 1. The molecule has 0 aliphatic heterocycles. The second-order valence-corrected chi connectivity index (χ2v) is 4.58. The van der Waals surface area contributed by atoms with E-state index in [0.29, 0.717) is 15.9 Å². The van der Waals surface area contributed by atoms with Crippen LogP contribution in [0.1, 0.15) is 12.5 Å². The molecular weight excluding hydrogens is 306 g/mol. The lowest BCUT2D eigenvalue weighted by Gasteiger charge is -2.23. The highest BCUT2D eigenvalue weighted by Crippen LogP contribution is 2.32. The molecule has 0 saturated carbocycles. The molecule has 1 atom stereocenters. The van der Waals surface area contributed by atoms with E-state index in [1.807, 2.05) is 0 Å². The number of carboxylic acid groups (broad SMARTS) is 1. The molecule has 1 rings (SSSR count). The van der Waals surface area contributed by atoms with E-state index in [1.54, 1.807) is 14.0 Å². The van der Waals surface area contributed by atoms with Gasteiger partial charge in [0.15, 0.2) is 0 Å². The van der Waals surface area contributed by atoms with E-state index in [1.165, 1.54) is 11.8 Å². The van der Waals surface area contributed by atoms with Crippen molar-refractivity contribution in [2.75, 3.05) is 11.9 Å². The predicted molar refractivity (Wildman–Crippen MR) is 68.8 cm³/mol. The van der Waals surface area contributed by atoms with Crippen LogP contribution in [0.25, 0.3) is 0 Å². The number of nitro groups is 1. The Kier molecular flexibility index (Phi) is 4.23. The average Bonchev–Trinajstić information content (AvgIpc) is 2.30. The third-order valence-electron chi connectivity index (χ3n) is 2.69. The van der Waals surface area contributed by atoms with Crippen molar-refractivity contribution in [3.05, 3.63) is 26.3 Å². The molecule has 1 N–H and O–H groups in total. The molecule has 0 amide bonds. The minimum atomic E-state index is -0.998. The number of hydrogen-bond acceptors (Lipinski definition) is 5. The SMILES string of the molecule is Cc1c([N+](=O)[O-])cnc(N(C)C(C)C(=O)O)c1Br. The Morgan fingerprint density at radius 2 is 2.22 bits per heavy atom. The van der Waals surface area contributed by atoms with Crippen molar-refractivity contribution in [1.82, 2.24) is 4.98 Å². The van der Waals surface area contributed by atoms with Gasteiger partial charge in [-0.05, 0) is 29.8 Å². The Bertz CT molecular complexity index is 506. The number of carboxylic acids is 1. The second kappa shape index (κ2) is 5.30. The third kappa shape index (κ3) is 2.58. The van der Waals surface area contributed by atoms with E-state index in [0.717, 1.165) is 6.20 Å². The fraction of sp³-hybridized carbons (Fsp3) is 0.400. The number of halogens is 1. The van der Waals surface area contributed by atoms with Gasteiger partial charge in [-0.25, -0.2) is 9.78 Å². The maximum atomic E-state index is 10.9. The van der Waals surface area contributed by atoms with Crippen LogP contribution >= 0.6 is 15.9 Å². The van der Waals surface area contributed by atoms with Gasteiger partial charge in [-0.2, -0.15) is 0 Å². The summed E-state index contributed by atoms with van der Waals surface area (Å²) >= 11 is 3.22. The summed E-state index contributed by atoms with van der Waals surface area (Å²) in [6.07, 6.45) is 1.13. The molecule has 0 fully saturated rings. The predicted octanol–water partition coefficient (Wildman–Crippen LogP) is 1.97. The molecule has 0 spiro atoms. The molecule has 1 heterocycles. The average molecular weight is 318 g/mol. The van der Waals surface area contributed by atoms with Crippen LogP contribution in [-0.2, 0) is 4.79 Å². The van der Waals surface area contributed by atoms with Crippen molar-refractivity contribution in [2.24, 2.45) is 0 Å². The summed E-state index contributed by atoms with van der Waals surface area (Å²) in [5.74, 6) is -0.643. The van der Waals surface area contributed by atoms with Crippen LogP contribution in [0.4, 0.5) is 11.5 Å². The van der Waals surface area contributed by atoms with E-state index in [9.17, 15) is 14.9 Å². The highest BCUT2D eigenvalue weighted by atomic mass is 79.9. The van der Waals surface area contributed by atoms with Gasteiger partial charge in [0.05, 0.1) is 9.40 Å². The largest absolute Gasteiger partial charge is 0.480 e. The summed E-state index contributed by atoms with van der Waals surface area (Å²) in [5.41, 5.74) is 0.302. The topological polar surface area (TPSA) is 96.6 Å². The standard InChI is InChI=1S/C10H12BrN3O4/c1-5-7(14(17)18)4-12-9(8(5)11)13(3)6(2)10(15)16/h4,6H,1-3H3,(H,15,16). The minimum Gasteiger partial charge on any atom is -0.480 e. The molecule has 98 valence electrons. The molecule has 1 aromatic heterocycles. The smallest absolute Gasteiger partial charge is 0.326 e. The number of aromatic nitrogens is 1. The first kappa shape index (κ1) is 14.4. The van der Waals surface area contributed by atoms with E-state index in [-0.39, 0.29) is 5.69 Å². The van der Waals surface area contributed by atoms with Gasteiger partial charge in [-0.1, -0.05) is 0 Å². The summed E-state index contributed by atoms with van der Waals surface area (Å²) in [5, 5.41) is 19.7. The Morgan fingerprint density at radius 1 is 1.67 bits per heavy atom. The molecule has 1 unspecified atom stereocenters. The number of likely N-dealkylation sites (N-methyl/N-ethyl adjacent to an activating group) is 1. The Labute approximate surface area is 112 Å². The maximum Gasteiger partial charge on any atom is 0.326 e. The van der Waals surface area contributed by atoms with Gasteiger partial charge < -0.3 is 10.0 Å². The molecule has 0 radical (unpaired) electrons. The van der Waals surface area contributed by atoms with E-state index < -0.39 is 16.9 Å². The van der Waals surface area contributed by atoms with Gasteiger partial charge in [0.1, 0.15) is 18.1 Å². The fourth-order valence-electron chi connectivity index (χ4n) is 1.33. The maximum absolute atomic E-state index is 10.9. The fourth-order valence-corrected chi connectivity index (χ4v) is 1.92. The van der Waals surface area contributed by atoms with Gasteiger partial charge >= 0.3 is 5.97 Å². The Hall–Kier alpha value is -1.70. The molecule has 7 nitrogen and oxygen atoms in total. The van der Waals surface area contributed by atoms with Gasteiger partial charge in [-0.3, -0.25) is 10.1 Å². The third-order valence-corrected chi connectivity index (χ3v) is 3.64. The van der Waals surface area contributed by atoms with Crippen LogP contribution in [0.3, 0.4) is 0 Å². The molecule has 0 bridgehead atoms. The number of nitrogens with zero attached hydrogens (tertiary/aromatic N) is 3. The van der Waals surface area contributed by atoms with Crippen molar-refractivity contribution in [3.8, 4) is 0 Å². The zero-order valence-corrected chi connectivity index (χ0v) is 11.6. The number of pyridine rings is 1. The van der Waals surface area contributed by atoms with Crippen LogP contribution in [0.15, 0.2) is 10.7 Å². The number of anilines is 1. The monoisotopic (exact) mass is 317 g/mol. The van der Waals surface area contributed by atoms with Gasteiger partial charge in [0, 0.05) is 12.6 Å². The lowest BCUT2D eigenvalue weighted by atomic mass is 10.2. The lowest BCUT2D eigenvalue weighted by molar-refractivity contribution is -0.385. The van der Waals surface area contributed by atoms with Gasteiger partial charge in [-0.15, -0.1) is 0 Å². The second-order valence-electron chi connectivity index (χ2n) is 3.79. The van der Waals surface area contributed by atoms with Crippen molar-refractivity contribution in [1.29, 1.82) is 0 Å². The first-order valence-electron chi connectivity index (χ1n) is 5.02. The van der Waals surface area contributed by atoms with Gasteiger partial charge in [0.2, 0.25) is 0 Å². The normalized spacial score (nSPS) is 12.0. The van der Waals surface area contributed by atoms with Crippen molar-refractivity contribution < 1.29 is 14.8 Å². The zero-order valence-electron chi connectivity index (χ0n) is 10.0. The zero-order chi connectivity index (χ0) is 14.0. The van der Waals surface area contributed by atoms with Crippen LogP contribution < -0.4 is 4.90 Å². The summed E-state index contributed by atoms with van der Waals surface area (Å²) in [4.78, 5) is 26.5. The van der Waals surface area contributed by atoms with E-state index >= 15 is 0 Å². The number of rotatable bonds is 4. The lowest BCUT2D eigenvalue weighted by Crippen LogP contribution is -2.36. The quantitative estimate of drug-likeness (QED) is 0.673. The van der Waals surface area contributed by atoms with E-state index in [4.69, 9.17) is 5.11 Å². The highest BCUT2D eigenvalue weighted by molar-refractivity contribution is 9.10. The molecule has 0 saturated heterocycles. The van der Waals surface area contributed by atoms with E-state index in [2.05, 4.69) is 20.9 Å². The Balaban J connectivity index is 3.24. The number of carbonyl (C=O) groups is 1. The Morgan fingerprint density at radius 3 is 2.67 bits per heavy atom. The molecule has 0 aliphatic carbocycles. The number of hydrogen-bond donors (Lipinski definition) is 1. The molecule has 1 aromatic rings. The van der Waals surface area contributed by atoms with Crippen LogP contribution in [0.5, 0.6) is 0 Å². The van der Waals surface area contributed by atoms with Crippen molar-refractivity contribution in [2.45, 2.75) is 19.9 Å². The summed E-state index contributed by atoms with van der Waals surface area (Å²) in [7, 11) is 1.57. The van der Waals surface area contributed by atoms with Gasteiger partial charge in [0.25, 0.3) is 5.69 Å². The first-order chi connectivity index (χ1) is 8.27. The summed E-state index contributed by atoms with van der Waals surface area (Å²) in [6, 6.07) is -0.783.